The smallest absolute Gasteiger partial charge is 0.174 e. The SMILES string of the molecule is COc1c2c(cc3occc13)OC1(CCCCC1)CC2=O. The molecule has 4 nitrogen and oxygen atoms in total. The van der Waals surface area contributed by atoms with Gasteiger partial charge in [-0.1, -0.05) is 6.42 Å². The molecule has 0 amide bonds. The predicted molar refractivity (Wildman–Crippen MR) is 78.2 cm³/mol. The topological polar surface area (TPSA) is 48.7 Å². The number of hydrogen-bond donors (Lipinski definition) is 0. The molecule has 0 saturated heterocycles. The number of fused-ring (bicyclic) bond motifs is 2. The van der Waals surface area contributed by atoms with Gasteiger partial charge in [-0.15, -0.1) is 0 Å². The van der Waals surface area contributed by atoms with Gasteiger partial charge in [-0.3, -0.25) is 4.79 Å². The van der Waals surface area contributed by atoms with Gasteiger partial charge in [0.25, 0.3) is 0 Å². The van der Waals surface area contributed by atoms with E-state index in [0.717, 1.165) is 31.1 Å². The number of ether oxygens (including phenoxy) is 2. The molecule has 1 fully saturated rings. The Labute approximate surface area is 123 Å². The Kier molecular flexibility index (Phi) is 2.74. The van der Waals surface area contributed by atoms with Gasteiger partial charge in [-0.05, 0) is 31.7 Å². The first kappa shape index (κ1) is 12.7. The van der Waals surface area contributed by atoms with Crippen molar-refractivity contribution in [2.24, 2.45) is 0 Å². The van der Waals surface area contributed by atoms with Crippen molar-refractivity contribution in [3.05, 3.63) is 24.0 Å². The van der Waals surface area contributed by atoms with Gasteiger partial charge in [0.05, 0.1) is 25.2 Å². The average Bonchev–Trinajstić information content (AvgIpc) is 2.93. The second kappa shape index (κ2) is 4.52. The first-order valence-electron chi connectivity index (χ1n) is 7.53. The van der Waals surface area contributed by atoms with Crippen LogP contribution in [-0.2, 0) is 0 Å². The fourth-order valence-electron chi connectivity index (χ4n) is 3.74. The number of furan rings is 1. The zero-order chi connectivity index (χ0) is 14.4. The molecule has 2 aromatic rings. The summed E-state index contributed by atoms with van der Waals surface area (Å²) in [6, 6.07) is 3.66. The number of rotatable bonds is 1. The molecule has 1 aliphatic heterocycles. The van der Waals surface area contributed by atoms with Crippen molar-refractivity contribution in [2.75, 3.05) is 7.11 Å². The highest BCUT2D eigenvalue weighted by Gasteiger charge is 2.43. The lowest BCUT2D eigenvalue weighted by molar-refractivity contribution is 0.0133. The van der Waals surface area contributed by atoms with Gasteiger partial charge in [-0.25, -0.2) is 0 Å². The van der Waals surface area contributed by atoms with Crippen LogP contribution in [-0.4, -0.2) is 18.5 Å². The highest BCUT2D eigenvalue weighted by Crippen LogP contribution is 2.47. The molecule has 1 spiro atoms. The molecule has 0 radical (unpaired) electrons. The van der Waals surface area contributed by atoms with E-state index < -0.39 is 0 Å². The molecule has 0 N–H and O–H groups in total. The van der Waals surface area contributed by atoms with Gasteiger partial charge in [-0.2, -0.15) is 0 Å². The summed E-state index contributed by atoms with van der Waals surface area (Å²) in [7, 11) is 1.58. The van der Waals surface area contributed by atoms with Crippen LogP contribution in [0, 0.1) is 0 Å². The minimum Gasteiger partial charge on any atom is -0.495 e. The van der Waals surface area contributed by atoms with E-state index in [1.807, 2.05) is 12.1 Å². The molecule has 110 valence electrons. The molecular formula is C17H18O4. The minimum atomic E-state index is -0.312. The number of ketones is 1. The summed E-state index contributed by atoms with van der Waals surface area (Å²) < 4.78 is 17.2. The van der Waals surface area contributed by atoms with E-state index in [0.29, 0.717) is 29.1 Å². The molecule has 0 unspecified atom stereocenters. The highest BCUT2D eigenvalue weighted by atomic mass is 16.5. The molecule has 4 rings (SSSR count). The summed E-state index contributed by atoms with van der Waals surface area (Å²) in [6.07, 6.45) is 7.46. The Bertz CT molecular complexity index is 707. The van der Waals surface area contributed by atoms with E-state index in [9.17, 15) is 4.79 Å². The van der Waals surface area contributed by atoms with Crippen LogP contribution in [0.15, 0.2) is 22.8 Å². The first-order valence-corrected chi connectivity index (χ1v) is 7.53. The minimum absolute atomic E-state index is 0.123. The van der Waals surface area contributed by atoms with Crippen molar-refractivity contribution >= 4 is 16.8 Å². The Hall–Kier alpha value is -1.97. The van der Waals surface area contributed by atoms with E-state index in [4.69, 9.17) is 13.9 Å². The third-order valence-corrected chi connectivity index (χ3v) is 4.73. The van der Waals surface area contributed by atoms with E-state index in [-0.39, 0.29) is 11.4 Å². The molecule has 2 aliphatic rings. The van der Waals surface area contributed by atoms with E-state index in [1.165, 1.54) is 6.42 Å². The van der Waals surface area contributed by atoms with Gasteiger partial charge >= 0.3 is 0 Å². The van der Waals surface area contributed by atoms with Gasteiger partial charge in [0.15, 0.2) is 5.78 Å². The van der Waals surface area contributed by atoms with Gasteiger partial charge in [0, 0.05) is 6.07 Å². The van der Waals surface area contributed by atoms with E-state index >= 15 is 0 Å². The zero-order valence-corrected chi connectivity index (χ0v) is 12.1. The van der Waals surface area contributed by atoms with Crippen molar-refractivity contribution in [1.29, 1.82) is 0 Å². The number of benzene rings is 1. The number of hydrogen-bond acceptors (Lipinski definition) is 4. The van der Waals surface area contributed by atoms with Crippen LogP contribution in [0.3, 0.4) is 0 Å². The zero-order valence-electron chi connectivity index (χ0n) is 12.1. The summed E-state index contributed by atoms with van der Waals surface area (Å²) in [5.74, 6) is 1.32. The second-order valence-corrected chi connectivity index (χ2v) is 6.06. The van der Waals surface area contributed by atoms with Crippen molar-refractivity contribution in [2.45, 2.75) is 44.1 Å². The Balaban J connectivity index is 1.88. The van der Waals surface area contributed by atoms with Crippen LogP contribution < -0.4 is 9.47 Å². The van der Waals surface area contributed by atoms with Crippen molar-refractivity contribution in [3.8, 4) is 11.5 Å². The van der Waals surface area contributed by atoms with E-state index in [1.54, 1.807) is 13.4 Å². The fraction of sp³-hybridized carbons (Fsp3) is 0.471. The largest absolute Gasteiger partial charge is 0.495 e. The monoisotopic (exact) mass is 286 g/mol. The molecule has 21 heavy (non-hydrogen) atoms. The molecule has 0 bridgehead atoms. The number of carbonyl (C=O) groups is 1. The van der Waals surface area contributed by atoms with Crippen LogP contribution in [0.1, 0.15) is 48.9 Å². The Morgan fingerprint density at radius 1 is 1.24 bits per heavy atom. The lowest BCUT2D eigenvalue weighted by Crippen LogP contribution is -2.43. The lowest BCUT2D eigenvalue weighted by atomic mass is 9.78. The maximum absolute atomic E-state index is 12.7. The van der Waals surface area contributed by atoms with Crippen LogP contribution in [0.4, 0.5) is 0 Å². The van der Waals surface area contributed by atoms with Crippen molar-refractivity contribution in [3.63, 3.8) is 0 Å². The summed E-state index contributed by atoms with van der Waals surface area (Å²) in [5, 5.41) is 0.827. The molecule has 1 aromatic heterocycles. The molecule has 1 aromatic carbocycles. The van der Waals surface area contributed by atoms with E-state index in [2.05, 4.69) is 0 Å². The predicted octanol–water partition coefficient (Wildman–Crippen LogP) is 4.11. The van der Waals surface area contributed by atoms with Gasteiger partial charge in [0.2, 0.25) is 0 Å². The summed E-state index contributed by atoms with van der Waals surface area (Å²) in [4.78, 5) is 12.7. The normalized spacial score (nSPS) is 20.3. The quantitative estimate of drug-likeness (QED) is 0.791. The Morgan fingerprint density at radius 2 is 2.05 bits per heavy atom. The van der Waals surface area contributed by atoms with Gasteiger partial charge < -0.3 is 13.9 Å². The summed E-state index contributed by atoms with van der Waals surface area (Å²) >= 11 is 0. The van der Waals surface area contributed by atoms with Crippen LogP contribution >= 0.6 is 0 Å². The molecule has 0 atom stereocenters. The molecule has 1 saturated carbocycles. The average molecular weight is 286 g/mol. The first-order chi connectivity index (χ1) is 10.2. The third kappa shape index (κ3) is 1.85. The van der Waals surface area contributed by atoms with Crippen LogP contribution in [0.25, 0.3) is 11.0 Å². The molecule has 2 heterocycles. The summed E-state index contributed by atoms with van der Waals surface area (Å²) in [5.41, 5.74) is 0.960. The number of methoxy groups -OCH3 is 1. The van der Waals surface area contributed by atoms with Crippen LogP contribution in [0.2, 0.25) is 0 Å². The molecular weight excluding hydrogens is 268 g/mol. The maximum atomic E-state index is 12.7. The fourth-order valence-corrected chi connectivity index (χ4v) is 3.74. The number of carbonyl (C=O) groups excluding carboxylic acids is 1. The highest BCUT2D eigenvalue weighted by molar-refractivity contribution is 6.08. The molecule has 4 heteroatoms. The standard InChI is InChI=1S/C17H18O4/c1-19-16-11-5-8-20-13(11)9-14-15(16)12(18)10-17(21-14)6-3-2-4-7-17/h5,8-9H,2-4,6-7,10H2,1H3. The summed E-state index contributed by atoms with van der Waals surface area (Å²) in [6.45, 7) is 0. The third-order valence-electron chi connectivity index (χ3n) is 4.73. The Morgan fingerprint density at radius 3 is 2.81 bits per heavy atom. The number of Topliss-reactive ketones (excluding diaryl/α,β-unsaturated/α-hetero) is 1. The van der Waals surface area contributed by atoms with Crippen molar-refractivity contribution in [1.82, 2.24) is 0 Å². The van der Waals surface area contributed by atoms with Crippen LogP contribution in [0.5, 0.6) is 11.5 Å². The maximum Gasteiger partial charge on any atom is 0.174 e. The van der Waals surface area contributed by atoms with Crippen molar-refractivity contribution < 1.29 is 18.7 Å². The second-order valence-electron chi connectivity index (χ2n) is 6.06. The molecule has 1 aliphatic carbocycles. The lowest BCUT2D eigenvalue weighted by Gasteiger charge is -2.40. The van der Waals surface area contributed by atoms with Gasteiger partial charge in [0.1, 0.15) is 28.2 Å².